The molecule has 3 heterocycles. The molecule has 0 radical (unpaired) electrons. The normalized spacial score (nSPS) is 23.6. The molecule has 0 saturated carbocycles. The minimum atomic E-state index is -0.283. The molecule has 1 aromatic heterocycles. The number of rotatable bonds is 3. The Kier molecular flexibility index (Phi) is 4.91. The minimum Gasteiger partial charge on any atom is -0.391 e. The lowest BCUT2D eigenvalue weighted by Crippen LogP contribution is -2.39. The number of carbonyl (C=O) groups is 1. The van der Waals surface area contributed by atoms with Gasteiger partial charge < -0.3 is 19.5 Å². The molecule has 6 heteroatoms. The van der Waals surface area contributed by atoms with Crippen molar-refractivity contribution in [1.82, 2.24) is 14.5 Å². The van der Waals surface area contributed by atoms with Gasteiger partial charge in [0.15, 0.2) is 0 Å². The molecule has 144 valence electrons. The van der Waals surface area contributed by atoms with Gasteiger partial charge in [-0.15, -0.1) is 0 Å². The number of aliphatic hydroxyl groups is 1. The second-order valence-electron chi connectivity index (χ2n) is 7.71. The summed E-state index contributed by atoms with van der Waals surface area (Å²) in [5.74, 6) is 0.910. The van der Waals surface area contributed by atoms with E-state index in [0.717, 1.165) is 67.7 Å². The number of anilines is 1. The largest absolute Gasteiger partial charge is 0.391 e. The van der Waals surface area contributed by atoms with Gasteiger partial charge in [-0.05, 0) is 55.9 Å². The lowest BCUT2D eigenvalue weighted by Gasteiger charge is -2.35. The van der Waals surface area contributed by atoms with E-state index < -0.39 is 0 Å². The van der Waals surface area contributed by atoms with E-state index in [0.29, 0.717) is 6.54 Å². The van der Waals surface area contributed by atoms with E-state index >= 15 is 0 Å². The fraction of sp³-hybridized carbons (Fsp3) is 0.524. The molecule has 1 aromatic carbocycles. The molecule has 0 spiro atoms. The topological polar surface area (TPSA) is 61.6 Å². The van der Waals surface area contributed by atoms with Crippen LogP contribution in [-0.4, -0.2) is 51.2 Å². The van der Waals surface area contributed by atoms with E-state index in [2.05, 4.69) is 34.2 Å². The number of imidazole rings is 1. The molecule has 0 aliphatic carbocycles. The van der Waals surface area contributed by atoms with Gasteiger partial charge in [0.05, 0.1) is 23.2 Å². The molecule has 2 saturated heterocycles. The Hall–Kier alpha value is -2.34. The van der Waals surface area contributed by atoms with Gasteiger partial charge in [0.25, 0.3) is 0 Å². The number of hydrogen-bond acceptors (Lipinski definition) is 4. The number of nitrogens with zero attached hydrogens (tertiary/aromatic N) is 4. The van der Waals surface area contributed by atoms with E-state index in [1.54, 1.807) is 0 Å². The first kappa shape index (κ1) is 18.0. The Bertz CT molecular complexity index is 859. The van der Waals surface area contributed by atoms with Crippen LogP contribution in [0.3, 0.4) is 0 Å². The van der Waals surface area contributed by atoms with Crippen molar-refractivity contribution in [2.45, 2.75) is 44.2 Å². The van der Waals surface area contributed by atoms with E-state index in [9.17, 15) is 9.90 Å². The predicted octanol–water partition coefficient (Wildman–Crippen LogP) is 2.77. The second-order valence-corrected chi connectivity index (χ2v) is 7.71. The van der Waals surface area contributed by atoms with E-state index in [1.165, 1.54) is 6.08 Å². The Balaban J connectivity index is 1.67. The summed E-state index contributed by atoms with van der Waals surface area (Å²) in [6.07, 6.45) is 6.12. The molecular formula is C21H28N4O2. The van der Waals surface area contributed by atoms with E-state index in [-0.39, 0.29) is 18.1 Å². The Labute approximate surface area is 160 Å². The third kappa shape index (κ3) is 3.34. The van der Waals surface area contributed by atoms with Crippen molar-refractivity contribution in [2.24, 2.45) is 7.05 Å². The van der Waals surface area contributed by atoms with Crippen LogP contribution in [0.5, 0.6) is 0 Å². The van der Waals surface area contributed by atoms with Gasteiger partial charge in [0.1, 0.15) is 0 Å². The molecule has 2 aliphatic heterocycles. The highest BCUT2D eigenvalue weighted by Gasteiger charge is 2.27. The van der Waals surface area contributed by atoms with E-state index in [1.807, 2.05) is 11.9 Å². The number of aryl methyl sites for hydroxylation is 1. The number of aliphatic hydroxyl groups excluding tert-OH is 1. The van der Waals surface area contributed by atoms with Crippen molar-refractivity contribution in [1.29, 1.82) is 0 Å². The molecule has 2 atom stereocenters. The van der Waals surface area contributed by atoms with Gasteiger partial charge in [0.2, 0.25) is 11.9 Å². The maximum Gasteiger partial charge on any atom is 0.246 e. The Morgan fingerprint density at radius 2 is 2.11 bits per heavy atom. The third-order valence-electron chi connectivity index (χ3n) is 5.91. The van der Waals surface area contributed by atoms with E-state index in [4.69, 9.17) is 4.98 Å². The van der Waals surface area contributed by atoms with Crippen LogP contribution in [0.25, 0.3) is 11.0 Å². The number of aromatic nitrogens is 2. The summed E-state index contributed by atoms with van der Waals surface area (Å²) in [7, 11) is 2.03. The molecule has 6 nitrogen and oxygen atoms in total. The lowest BCUT2D eigenvalue weighted by atomic mass is 9.95. The smallest absolute Gasteiger partial charge is 0.246 e. The van der Waals surface area contributed by atoms with Crippen molar-refractivity contribution < 1.29 is 9.90 Å². The molecule has 2 aromatic rings. The number of piperidine rings is 2. The van der Waals surface area contributed by atoms with Gasteiger partial charge in [-0.1, -0.05) is 12.6 Å². The van der Waals surface area contributed by atoms with Crippen molar-refractivity contribution in [3.05, 3.63) is 36.4 Å². The highest BCUT2D eigenvalue weighted by Crippen LogP contribution is 2.33. The zero-order valence-corrected chi connectivity index (χ0v) is 16.0. The first-order chi connectivity index (χ1) is 13.1. The third-order valence-corrected chi connectivity index (χ3v) is 5.91. The number of benzene rings is 1. The first-order valence-corrected chi connectivity index (χ1v) is 9.91. The van der Waals surface area contributed by atoms with Crippen LogP contribution in [-0.2, 0) is 11.8 Å². The summed E-state index contributed by atoms with van der Waals surface area (Å²) in [4.78, 5) is 21.2. The summed E-state index contributed by atoms with van der Waals surface area (Å²) in [5.41, 5.74) is 3.16. The monoisotopic (exact) mass is 368 g/mol. The zero-order valence-electron chi connectivity index (χ0n) is 16.0. The molecule has 1 N–H and O–H groups in total. The van der Waals surface area contributed by atoms with Gasteiger partial charge in [0, 0.05) is 26.7 Å². The quantitative estimate of drug-likeness (QED) is 0.847. The standard InChI is InChI=1S/C21H28N4O2/c1-3-20(27)25-12-5-4-8-18(25)15-9-10-19-17(13-15)22-21(23(19)2)24-11-6-7-16(26)14-24/h3,9-10,13,16,18,26H,1,4-8,11-12,14H2,2H3/t16-,18?/m1/s1. The Morgan fingerprint density at radius 3 is 2.89 bits per heavy atom. The number of amides is 1. The summed E-state index contributed by atoms with van der Waals surface area (Å²) < 4.78 is 2.10. The maximum atomic E-state index is 12.3. The van der Waals surface area contributed by atoms with Crippen LogP contribution in [0.15, 0.2) is 30.9 Å². The average Bonchev–Trinajstić information content (AvgIpc) is 3.03. The number of carbonyl (C=O) groups excluding carboxylic acids is 1. The highest BCUT2D eigenvalue weighted by molar-refractivity contribution is 5.87. The highest BCUT2D eigenvalue weighted by atomic mass is 16.3. The van der Waals surface area contributed by atoms with Crippen molar-refractivity contribution in [3.63, 3.8) is 0 Å². The van der Waals surface area contributed by atoms with Crippen LogP contribution in [0.2, 0.25) is 0 Å². The number of likely N-dealkylation sites (tertiary alicyclic amines) is 1. The van der Waals surface area contributed by atoms with Crippen molar-refractivity contribution in [2.75, 3.05) is 24.5 Å². The summed E-state index contributed by atoms with van der Waals surface area (Å²) in [6, 6.07) is 6.44. The van der Waals surface area contributed by atoms with Crippen LogP contribution < -0.4 is 4.90 Å². The molecular weight excluding hydrogens is 340 g/mol. The van der Waals surface area contributed by atoms with Crippen LogP contribution in [0.1, 0.15) is 43.7 Å². The van der Waals surface area contributed by atoms with Gasteiger partial charge in [-0.25, -0.2) is 4.98 Å². The SMILES string of the molecule is C=CC(=O)N1CCCCC1c1ccc2c(c1)nc(N1CCC[C@@H](O)C1)n2C. The zero-order chi connectivity index (χ0) is 19.0. The van der Waals surface area contributed by atoms with Crippen molar-refractivity contribution in [3.8, 4) is 0 Å². The maximum absolute atomic E-state index is 12.3. The molecule has 2 fully saturated rings. The summed E-state index contributed by atoms with van der Waals surface area (Å²) in [6.45, 7) is 5.99. The molecule has 4 rings (SSSR count). The number of hydrogen-bond donors (Lipinski definition) is 1. The lowest BCUT2D eigenvalue weighted by molar-refractivity contribution is -0.129. The average molecular weight is 368 g/mol. The molecule has 2 aliphatic rings. The fourth-order valence-electron chi connectivity index (χ4n) is 4.49. The Morgan fingerprint density at radius 1 is 1.26 bits per heavy atom. The fourth-order valence-corrected chi connectivity index (χ4v) is 4.49. The first-order valence-electron chi connectivity index (χ1n) is 9.91. The van der Waals surface area contributed by atoms with Crippen LogP contribution >= 0.6 is 0 Å². The molecule has 1 amide bonds. The number of β-amino-alcohol motifs (C(OH)–C–C–N with tert-alkyl or cyclic N) is 1. The summed E-state index contributed by atoms with van der Waals surface area (Å²) in [5, 5.41) is 10.0. The molecule has 1 unspecified atom stereocenters. The van der Waals surface area contributed by atoms with Crippen LogP contribution in [0, 0.1) is 0 Å². The van der Waals surface area contributed by atoms with Gasteiger partial charge >= 0.3 is 0 Å². The summed E-state index contributed by atoms with van der Waals surface area (Å²) >= 11 is 0. The van der Waals surface area contributed by atoms with Crippen LogP contribution in [0.4, 0.5) is 5.95 Å². The second kappa shape index (κ2) is 7.35. The van der Waals surface area contributed by atoms with Gasteiger partial charge in [-0.2, -0.15) is 0 Å². The molecule has 27 heavy (non-hydrogen) atoms. The van der Waals surface area contributed by atoms with Gasteiger partial charge in [-0.3, -0.25) is 4.79 Å². The minimum absolute atomic E-state index is 0.00353. The predicted molar refractivity (Wildman–Crippen MR) is 107 cm³/mol. The number of fused-ring (bicyclic) bond motifs is 1. The molecule has 0 bridgehead atoms. The van der Waals surface area contributed by atoms with Crippen molar-refractivity contribution >= 4 is 22.9 Å².